The van der Waals surface area contributed by atoms with Gasteiger partial charge in [0.05, 0.1) is 5.56 Å². The van der Waals surface area contributed by atoms with E-state index in [1.54, 1.807) is 18.2 Å². The number of carboxylic acid groups (broad SMARTS) is 1. The Morgan fingerprint density at radius 3 is 2.46 bits per heavy atom. The van der Waals surface area contributed by atoms with Gasteiger partial charge in [-0.3, -0.25) is 9.69 Å². The molecule has 2 N–H and O–H groups in total. The van der Waals surface area contributed by atoms with E-state index in [0.717, 1.165) is 43.5 Å². The molecule has 2 heterocycles. The van der Waals surface area contributed by atoms with Crippen LogP contribution < -0.4 is 10.1 Å². The van der Waals surface area contributed by atoms with Crippen LogP contribution in [0.15, 0.2) is 48.2 Å². The quantitative estimate of drug-likeness (QED) is 0.427. The number of hydrogen-bond acceptors (Lipinski definition) is 4. The van der Waals surface area contributed by atoms with E-state index in [-0.39, 0.29) is 17.8 Å². The van der Waals surface area contributed by atoms with Gasteiger partial charge in [-0.15, -0.1) is 0 Å². The second kappa shape index (κ2) is 10.9. The molecule has 1 saturated carbocycles. The summed E-state index contributed by atoms with van der Waals surface area (Å²) in [5, 5.41) is 12.9. The molecule has 0 bridgehead atoms. The number of pyridine rings is 1. The zero-order valence-electron chi connectivity index (χ0n) is 22.3. The summed E-state index contributed by atoms with van der Waals surface area (Å²) in [6.45, 7) is 6.11. The van der Waals surface area contributed by atoms with Gasteiger partial charge >= 0.3 is 12.3 Å². The highest BCUT2D eigenvalue weighted by molar-refractivity contribution is 5.91. The van der Waals surface area contributed by atoms with Gasteiger partial charge in [0.1, 0.15) is 11.3 Å². The SMILES string of the molecule is CC(C)(C)[C@]1(C(=O)NC2CCC(=Cc3cccc(Oc4ccc(C(F)(F)F)cn4)c3)CC2)CCCN1C(=O)O. The van der Waals surface area contributed by atoms with E-state index in [0.29, 0.717) is 25.1 Å². The highest BCUT2D eigenvalue weighted by Gasteiger charge is 2.57. The van der Waals surface area contributed by atoms with Gasteiger partial charge in [0.25, 0.3) is 0 Å². The number of likely N-dealkylation sites (tertiary alicyclic amines) is 1. The molecule has 4 rings (SSSR count). The lowest BCUT2D eigenvalue weighted by molar-refractivity contribution is -0.139. The predicted octanol–water partition coefficient (Wildman–Crippen LogP) is 6.89. The number of alkyl halides is 3. The average molecular weight is 546 g/mol. The summed E-state index contributed by atoms with van der Waals surface area (Å²) < 4.78 is 43.9. The van der Waals surface area contributed by atoms with Gasteiger partial charge in [-0.2, -0.15) is 13.2 Å². The Kier molecular flexibility index (Phi) is 7.95. The van der Waals surface area contributed by atoms with Crippen LogP contribution >= 0.6 is 0 Å². The van der Waals surface area contributed by atoms with E-state index < -0.39 is 28.8 Å². The van der Waals surface area contributed by atoms with Crippen molar-refractivity contribution in [3.63, 3.8) is 0 Å². The average Bonchev–Trinajstić information content (AvgIpc) is 3.33. The number of carbonyl (C=O) groups is 2. The second-order valence-corrected chi connectivity index (χ2v) is 11.3. The van der Waals surface area contributed by atoms with E-state index in [1.807, 2.05) is 26.8 Å². The molecule has 0 radical (unpaired) electrons. The first-order chi connectivity index (χ1) is 18.3. The van der Waals surface area contributed by atoms with Crippen molar-refractivity contribution >= 4 is 18.1 Å². The van der Waals surface area contributed by atoms with Crippen molar-refractivity contribution in [3.05, 3.63) is 59.3 Å². The van der Waals surface area contributed by atoms with Crippen LogP contribution in [0.1, 0.15) is 70.4 Å². The van der Waals surface area contributed by atoms with Crippen LogP contribution in [0, 0.1) is 5.41 Å². The van der Waals surface area contributed by atoms with Crippen molar-refractivity contribution in [1.82, 2.24) is 15.2 Å². The summed E-state index contributed by atoms with van der Waals surface area (Å²) >= 11 is 0. The van der Waals surface area contributed by atoms with Crippen molar-refractivity contribution in [2.24, 2.45) is 5.41 Å². The second-order valence-electron chi connectivity index (χ2n) is 11.3. The van der Waals surface area contributed by atoms with Crippen molar-refractivity contribution in [2.75, 3.05) is 6.54 Å². The Labute approximate surface area is 226 Å². The van der Waals surface area contributed by atoms with Crippen molar-refractivity contribution in [2.45, 2.75) is 77.1 Å². The number of nitrogens with zero attached hydrogens (tertiary/aromatic N) is 2. The van der Waals surface area contributed by atoms with Gasteiger partial charge in [-0.25, -0.2) is 9.78 Å². The van der Waals surface area contributed by atoms with E-state index in [2.05, 4.69) is 16.4 Å². The molecule has 1 aliphatic heterocycles. The van der Waals surface area contributed by atoms with Crippen LogP contribution in [0.5, 0.6) is 11.6 Å². The number of carbonyl (C=O) groups excluding carboxylic acids is 1. The topological polar surface area (TPSA) is 91.8 Å². The molecular formula is C29H34F3N3O4. The summed E-state index contributed by atoms with van der Waals surface area (Å²) in [7, 11) is 0. The number of benzene rings is 1. The number of halogens is 3. The Hall–Kier alpha value is -3.56. The molecule has 2 amide bonds. The fourth-order valence-corrected chi connectivity index (χ4v) is 5.65. The van der Waals surface area contributed by atoms with Gasteiger partial charge in [-0.1, -0.05) is 44.6 Å². The predicted molar refractivity (Wildman–Crippen MR) is 140 cm³/mol. The summed E-state index contributed by atoms with van der Waals surface area (Å²) in [6, 6.07) is 9.32. The van der Waals surface area contributed by atoms with E-state index in [4.69, 9.17) is 4.74 Å². The third-order valence-electron chi connectivity index (χ3n) is 7.71. The minimum absolute atomic E-state index is 0.0365. The first-order valence-corrected chi connectivity index (χ1v) is 13.1. The molecule has 210 valence electrons. The van der Waals surface area contributed by atoms with E-state index in [9.17, 15) is 27.9 Å². The van der Waals surface area contributed by atoms with Crippen LogP contribution in [-0.4, -0.2) is 45.1 Å². The maximum atomic E-state index is 13.5. The fraction of sp³-hybridized carbons (Fsp3) is 0.483. The number of nitrogens with one attached hydrogen (secondary N) is 1. The molecule has 1 atom stereocenters. The molecule has 2 aromatic rings. The number of ether oxygens (including phenoxy) is 1. The number of allylic oxidation sites excluding steroid dienone is 1. The van der Waals surface area contributed by atoms with Crippen molar-refractivity contribution < 1.29 is 32.6 Å². The van der Waals surface area contributed by atoms with Gasteiger partial charge in [0, 0.05) is 24.8 Å². The molecule has 1 aromatic carbocycles. The van der Waals surface area contributed by atoms with Gasteiger partial charge in [0.15, 0.2) is 0 Å². The van der Waals surface area contributed by atoms with Crippen LogP contribution in [0.4, 0.5) is 18.0 Å². The standard InChI is InChI=1S/C29H34F3N3O4/c1-27(2,3)28(14-5-15-35(28)26(37)38)25(36)34-22-11-8-19(9-12-22)16-20-6-4-7-23(17-20)39-24-13-10-21(18-33-24)29(30,31)32/h4,6-7,10,13,16-18,22H,5,8-9,11-12,14-15H2,1-3H3,(H,34,36)(H,37,38)/t22?,28-/m1/s1. The third kappa shape index (κ3) is 6.20. The lowest BCUT2D eigenvalue weighted by atomic mass is 9.70. The summed E-state index contributed by atoms with van der Waals surface area (Å²) in [4.78, 5) is 30.5. The van der Waals surface area contributed by atoms with Gasteiger partial charge in [0.2, 0.25) is 11.8 Å². The third-order valence-corrected chi connectivity index (χ3v) is 7.71. The first kappa shape index (κ1) is 28.4. The Balaban J connectivity index is 1.37. The molecule has 0 unspecified atom stereocenters. The van der Waals surface area contributed by atoms with Gasteiger partial charge < -0.3 is 15.2 Å². The van der Waals surface area contributed by atoms with Crippen LogP contribution in [-0.2, 0) is 11.0 Å². The monoisotopic (exact) mass is 545 g/mol. The Bertz CT molecular complexity index is 1230. The lowest BCUT2D eigenvalue weighted by Gasteiger charge is -2.46. The molecule has 1 aliphatic carbocycles. The molecule has 2 fully saturated rings. The van der Waals surface area contributed by atoms with Gasteiger partial charge in [-0.05, 0) is 67.7 Å². The lowest BCUT2D eigenvalue weighted by Crippen LogP contribution is -2.65. The number of amides is 2. The number of rotatable bonds is 5. The molecule has 0 spiro atoms. The maximum Gasteiger partial charge on any atom is 0.417 e. The summed E-state index contributed by atoms with van der Waals surface area (Å²) in [6.07, 6.45) is 1.50. The molecular weight excluding hydrogens is 511 g/mol. The van der Waals surface area contributed by atoms with E-state index >= 15 is 0 Å². The highest BCUT2D eigenvalue weighted by atomic mass is 19.4. The molecule has 2 aliphatic rings. The molecule has 39 heavy (non-hydrogen) atoms. The largest absolute Gasteiger partial charge is 0.465 e. The van der Waals surface area contributed by atoms with E-state index in [1.165, 1.54) is 16.5 Å². The number of hydrogen-bond donors (Lipinski definition) is 2. The van der Waals surface area contributed by atoms with Crippen molar-refractivity contribution in [1.29, 1.82) is 0 Å². The van der Waals surface area contributed by atoms with Crippen LogP contribution in [0.25, 0.3) is 6.08 Å². The molecule has 7 nitrogen and oxygen atoms in total. The normalized spacial score (nSPS) is 21.9. The minimum Gasteiger partial charge on any atom is -0.465 e. The minimum atomic E-state index is -4.46. The highest BCUT2D eigenvalue weighted by Crippen LogP contribution is 2.44. The number of aromatic nitrogens is 1. The zero-order valence-corrected chi connectivity index (χ0v) is 22.3. The first-order valence-electron chi connectivity index (χ1n) is 13.1. The van der Waals surface area contributed by atoms with Crippen LogP contribution in [0.2, 0.25) is 0 Å². The molecule has 1 aromatic heterocycles. The Morgan fingerprint density at radius 1 is 1.15 bits per heavy atom. The van der Waals surface area contributed by atoms with Crippen LogP contribution in [0.3, 0.4) is 0 Å². The van der Waals surface area contributed by atoms with Crippen molar-refractivity contribution in [3.8, 4) is 11.6 Å². The molecule has 1 saturated heterocycles. The Morgan fingerprint density at radius 2 is 1.87 bits per heavy atom. The summed E-state index contributed by atoms with van der Waals surface area (Å²) in [5.74, 6) is 0.319. The molecule has 10 heteroatoms. The zero-order chi connectivity index (χ0) is 28.4. The maximum absolute atomic E-state index is 13.5. The smallest absolute Gasteiger partial charge is 0.417 e. The summed E-state index contributed by atoms with van der Waals surface area (Å²) in [5.41, 5.74) is -0.363. The fourth-order valence-electron chi connectivity index (χ4n) is 5.65.